The number of carbonyl (C=O) groups is 1. The van der Waals surface area contributed by atoms with Crippen LogP contribution < -0.4 is 19.1 Å². The Hall–Kier alpha value is -3.23. The van der Waals surface area contributed by atoms with Gasteiger partial charge < -0.3 is 14.8 Å². The number of methoxy groups -OCH3 is 2. The first-order valence-corrected chi connectivity index (χ1v) is 11.9. The minimum absolute atomic E-state index is 0.0221. The van der Waals surface area contributed by atoms with E-state index in [1.807, 2.05) is 18.2 Å². The van der Waals surface area contributed by atoms with Gasteiger partial charge in [0.2, 0.25) is 5.91 Å². The maximum absolute atomic E-state index is 13.5. The molecule has 3 aromatic rings. The SMILES string of the molecule is COc1ccc(S(=O)(=O)N(CC(=O)N[C@H](C)c2ccccc2OC)c2cccc(Cl)c2)cc1. The number of para-hydroxylation sites is 1. The predicted octanol–water partition coefficient (Wildman–Crippen LogP) is 4.43. The van der Waals surface area contributed by atoms with Crippen molar-refractivity contribution in [2.45, 2.75) is 17.9 Å². The van der Waals surface area contributed by atoms with E-state index in [1.165, 1.54) is 25.3 Å². The number of ether oxygens (including phenoxy) is 2. The molecular weight excluding hydrogens is 464 g/mol. The zero-order valence-corrected chi connectivity index (χ0v) is 20.1. The van der Waals surface area contributed by atoms with Gasteiger partial charge in [0.25, 0.3) is 10.0 Å². The van der Waals surface area contributed by atoms with Gasteiger partial charge in [-0.25, -0.2) is 8.42 Å². The lowest BCUT2D eigenvalue weighted by Crippen LogP contribution is -2.41. The number of rotatable bonds is 9. The van der Waals surface area contributed by atoms with Crippen LogP contribution in [0.15, 0.2) is 77.7 Å². The molecule has 1 atom stereocenters. The first kappa shape index (κ1) is 24.4. The lowest BCUT2D eigenvalue weighted by Gasteiger charge is -2.25. The van der Waals surface area contributed by atoms with Crippen LogP contribution >= 0.6 is 11.6 Å². The highest BCUT2D eigenvalue weighted by atomic mass is 35.5. The highest BCUT2D eigenvalue weighted by Gasteiger charge is 2.28. The quantitative estimate of drug-likeness (QED) is 0.481. The van der Waals surface area contributed by atoms with E-state index in [-0.39, 0.29) is 10.6 Å². The van der Waals surface area contributed by atoms with E-state index in [1.54, 1.807) is 50.4 Å². The topological polar surface area (TPSA) is 84.9 Å². The molecule has 0 aliphatic heterocycles. The van der Waals surface area contributed by atoms with E-state index >= 15 is 0 Å². The molecule has 0 unspecified atom stereocenters. The number of nitrogens with one attached hydrogen (secondary N) is 1. The number of hydrogen-bond acceptors (Lipinski definition) is 5. The molecule has 0 saturated heterocycles. The highest BCUT2D eigenvalue weighted by Crippen LogP contribution is 2.28. The average Bonchev–Trinajstić information content (AvgIpc) is 2.82. The van der Waals surface area contributed by atoms with Crippen molar-refractivity contribution in [1.82, 2.24) is 5.32 Å². The van der Waals surface area contributed by atoms with Crippen LogP contribution in [0, 0.1) is 0 Å². The van der Waals surface area contributed by atoms with Crippen LogP contribution in [0.2, 0.25) is 5.02 Å². The molecule has 0 fully saturated rings. The largest absolute Gasteiger partial charge is 0.497 e. The second-order valence-corrected chi connectivity index (χ2v) is 9.50. The lowest BCUT2D eigenvalue weighted by atomic mass is 10.1. The number of hydrogen-bond donors (Lipinski definition) is 1. The van der Waals surface area contributed by atoms with Gasteiger partial charge in [0, 0.05) is 10.6 Å². The maximum Gasteiger partial charge on any atom is 0.264 e. The molecule has 0 aromatic heterocycles. The van der Waals surface area contributed by atoms with Crippen LogP contribution in [-0.4, -0.2) is 35.1 Å². The number of halogens is 1. The van der Waals surface area contributed by atoms with Gasteiger partial charge in [0.15, 0.2) is 0 Å². The molecule has 3 rings (SSSR count). The minimum atomic E-state index is -4.07. The van der Waals surface area contributed by atoms with Crippen LogP contribution in [0.1, 0.15) is 18.5 Å². The fourth-order valence-electron chi connectivity index (χ4n) is 3.34. The summed E-state index contributed by atoms with van der Waals surface area (Å²) in [6, 6.07) is 19.2. The smallest absolute Gasteiger partial charge is 0.264 e. The normalized spacial score (nSPS) is 12.0. The summed E-state index contributed by atoms with van der Waals surface area (Å²) in [5, 5.41) is 3.20. The monoisotopic (exact) mass is 488 g/mol. The number of nitrogens with zero attached hydrogens (tertiary/aromatic N) is 1. The van der Waals surface area contributed by atoms with E-state index in [9.17, 15) is 13.2 Å². The molecule has 0 heterocycles. The molecule has 7 nitrogen and oxygen atoms in total. The van der Waals surface area contributed by atoms with Crippen LogP contribution in [0.5, 0.6) is 11.5 Å². The van der Waals surface area contributed by atoms with Crippen molar-refractivity contribution >= 4 is 33.2 Å². The Kier molecular flexibility index (Phi) is 7.84. The Morgan fingerprint density at radius 2 is 1.70 bits per heavy atom. The first-order valence-electron chi connectivity index (χ1n) is 10.1. The summed E-state index contributed by atoms with van der Waals surface area (Å²) in [4.78, 5) is 13.0. The van der Waals surface area contributed by atoms with Crippen LogP contribution in [0.4, 0.5) is 5.69 Å². The number of anilines is 1. The maximum atomic E-state index is 13.5. The Bertz CT molecular complexity index is 1220. The van der Waals surface area contributed by atoms with E-state index in [2.05, 4.69) is 5.32 Å². The molecule has 0 radical (unpaired) electrons. The molecule has 1 N–H and O–H groups in total. The third-order valence-corrected chi connectivity index (χ3v) is 7.04. The van der Waals surface area contributed by atoms with Crippen molar-refractivity contribution < 1.29 is 22.7 Å². The van der Waals surface area contributed by atoms with E-state index < -0.39 is 28.5 Å². The molecule has 0 spiro atoms. The van der Waals surface area contributed by atoms with E-state index in [0.717, 1.165) is 9.87 Å². The molecule has 174 valence electrons. The summed E-state index contributed by atoms with van der Waals surface area (Å²) < 4.78 is 38.5. The van der Waals surface area contributed by atoms with Gasteiger partial charge in [0.05, 0.1) is 30.8 Å². The summed E-state index contributed by atoms with van der Waals surface area (Å²) in [5.41, 5.74) is 1.05. The number of sulfonamides is 1. The summed E-state index contributed by atoms with van der Waals surface area (Å²) in [6.45, 7) is 1.37. The summed E-state index contributed by atoms with van der Waals surface area (Å²) in [5.74, 6) is 0.667. The van der Waals surface area contributed by atoms with Crippen molar-refractivity contribution in [3.63, 3.8) is 0 Å². The van der Waals surface area contributed by atoms with Gasteiger partial charge in [-0.3, -0.25) is 9.10 Å². The lowest BCUT2D eigenvalue weighted by molar-refractivity contribution is -0.120. The average molecular weight is 489 g/mol. The predicted molar refractivity (Wildman–Crippen MR) is 129 cm³/mol. The molecule has 9 heteroatoms. The van der Waals surface area contributed by atoms with Gasteiger partial charge in [-0.1, -0.05) is 35.9 Å². The minimum Gasteiger partial charge on any atom is -0.497 e. The second-order valence-electron chi connectivity index (χ2n) is 7.20. The van der Waals surface area contributed by atoms with Gasteiger partial charge in [-0.2, -0.15) is 0 Å². The highest BCUT2D eigenvalue weighted by molar-refractivity contribution is 7.92. The summed E-state index contributed by atoms with van der Waals surface area (Å²) in [7, 11) is -1.02. The Labute approximate surface area is 198 Å². The number of carbonyl (C=O) groups excluding carboxylic acids is 1. The number of benzene rings is 3. The van der Waals surface area contributed by atoms with E-state index in [0.29, 0.717) is 16.5 Å². The van der Waals surface area contributed by atoms with Gasteiger partial charge in [-0.05, 0) is 55.5 Å². The second kappa shape index (κ2) is 10.6. The Balaban J connectivity index is 1.90. The summed E-state index contributed by atoms with van der Waals surface area (Å²) in [6.07, 6.45) is 0. The van der Waals surface area contributed by atoms with Crippen LogP contribution in [-0.2, 0) is 14.8 Å². The Morgan fingerprint density at radius 3 is 2.33 bits per heavy atom. The summed E-state index contributed by atoms with van der Waals surface area (Å²) >= 11 is 6.11. The Morgan fingerprint density at radius 1 is 1.00 bits per heavy atom. The van der Waals surface area contributed by atoms with Crippen LogP contribution in [0.3, 0.4) is 0 Å². The zero-order valence-electron chi connectivity index (χ0n) is 18.5. The van der Waals surface area contributed by atoms with Crippen molar-refractivity contribution in [2.24, 2.45) is 0 Å². The van der Waals surface area contributed by atoms with Crippen molar-refractivity contribution in [1.29, 1.82) is 0 Å². The molecule has 33 heavy (non-hydrogen) atoms. The third-order valence-electron chi connectivity index (χ3n) is 5.01. The molecule has 0 saturated carbocycles. The standard InChI is InChI=1S/C24H25ClN2O5S/c1-17(22-9-4-5-10-23(22)32-3)26-24(28)16-27(19-8-6-7-18(25)15-19)33(29,30)21-13-11-20(31-2)12-14-21/h4-15,17H,16H2,1-3H3,(H,26,28)/t17-/m1/s1. The molecule has 0 aliphatic rings. The van der Waals surface area contributed by atoms with Crippen molar-refractivity contribution in [2.75, 3.05) is 25.1 Å². The van der Waals surface area contributed by atoms with Gasteiger partial charge >= 0.3 is 0 Å². The van der Waals surface area contributed by atoms with Gasteiger partial charge in [0.1, 0.15) is 18.0 Å². The van der Waals surface area contributed by atoms with Crippen LogP contribution in [0.25, 0.3) is 0 Å². The number of amides is 1. The molecule has 0 aliphatic carbocycles. The molecule has 0 bridgehead atoms. The fourth-order valence-corrected chi connectivity index (χ4v) is 4.94. The van der Waals surface area contributed by atoms with Gasteiger partial charge in [-0.15, -0.1) is 0 Å². The molecular formula is C24H25ClN2O5S. The molecule has 1 amide bonds. The van der Waals surface area contributed by atoms with Crippen molar-refractivity contribution in [3.8, 4) is 11.5 Å². The third kappa shape index (κ3) is 5.77. The fraction of sp³-hybridized carbons (Fsp3) is 0.208. The van der Waals surface area contributed by atoms with Crippen molar-refractivity contribution in [3.05, 3.63) is 83.4 Å². The first-order chi connectivity index (χ1) is 15.8. The molecule has 3 aromatic carbocycles. The zero-order chi connectivity index (χ0) is 24.0. The van der Waals surface area contributed by atoms with E-state index in [4.69, 9.17) is 21.1 Å².